The molecule has 1 aliphatic heterocycles. The third kappa shape index (κ3) is 3.89. The van der Waals surface area contributed by atoms with E-state index in [9.17, 15) is 13.2 Å². The third-order valence-electron chi connectivity index (χ3n) is 2.38. The summed E-state index contributed by atoms with van der Waals surface area (Å²) in [6.07, 6.45) is 0. The number of nitrogens with zero attached hydrogens (tertiary/aromatic N) is 1. The van der Waals surface area contributed by atoms with Crippen molar-refractivity contribution in [2.45, 2.75) is 6.04 Å². The van der Waals surface area contributed by atoms with Crippen LogP contribution < -0.4 is 10.0 Å². The minimum absolute atomic E-state index is 0.328. The van der Waals surface area contributed by atoms with Crippen LogP contribution in [0.5, 0.6) is 0 Å². The molecule has 0 aromatic rings. The van der Waals surface area contributed by atoms with Crippen LogP contribution in [0.4, 0.5) is 0 Å². The Balaban J connectivity index is 2.66. The van der Waals surface area contributed by atoms with Gasteiger partial charge in [-0.1, -0.05) is 0 Å². The van der Waals surface area contributed by atoms with Crippen LogP contribution in [-0.4, -0.2) is 69.7 Å². The lowest BCUT2D eigenvalue weighted by Crippen LogP contribution is -2.54. The van der Waals surface area contributed by atoms with Gasteiger partial charge in [-0.3, -0.25) is 4.79 Å². The highest BCUT2D eigenvalue weighted by Gasteiger charge is 2.29. The third-order valence-corrected chi connectivity index (χ3v) is 4.00. The molecule has 1 saturated heterocycles. The molecule has 0 radical (unpaired) electrons. The second-order valence-corrected chi connectivity index (χ2v) is 5.23. The van der Waals surface area contributed by atoms with Crippen molar-refractivity contribution in [3.05, 3.63) is 0 Å². The van der Waals surface area contributed by atoms with E-state index in [-0.39, 0.29) is 0 Å². The van der Waals surface area contributed by atoms with Crippen LogP contribution in [0.2, 0.25) is 0 Å². The van der Waals surface area contributed by atoms with Crippen molar-refractivity contribution >= 4 is 16.2 Å². The van der Waals surface area contributed by atoms with Crippen LogP contribution in [0.15, 0.2) is 0 Å². The zero-order chi connectivity index (χ0) is 12.9. The topological polar surface area (TPSA) is 108 Å². The van der Waals surface area contributed by atoms with Crippen molar-refractivity contribution < 1.29 is 23.1 Å². The minimum Gasteiger partial charge on any atom is -0.468 e. The van der Waals surface area contributed by atoms with Crippen LogP contribution in [-0.2, 0) is 19.7 Å². The number of aliphatic hydroxyl groups excluding tert-OH is 1. The number of hydrogen-bond donors (Lipinski definition) is 3. The van der Waals surface area contributed by atoms with E-state index in [1.165, 1.54) is 4.31 Å². The summed E-state index contributed by atoms with van der Waals surface area (Å²) < 4.78 is 31.4. The fourth-order valence-corrected chi connectivity index (χ4v) is 2.78. The van der Waals surface area contributed by atoms with Gasteiger partial charge in [-0.05, 0) is 0 Å². The van der Waals surface area contributed by atoms with Gasteiger partial charge in [0, 0.05) is 26.2 Å². The van der Waals surface area contributed by atoms with Gasteiger partial charge in [-0.25, -0.2) is 0 Å². The van der Waals surface area contributed by atoms with Crippen LogP contribution in [0.25, 0.3) is 0 Å². The van der Waals surface area contributed by atoms with E-state index in [0.717, 1.165) is 7.11 Å². The first-order valence-corrected chi connectivity index (χ1v) is 6.62. The minimum atomic E-state index is -3.77. The van der Waals surface area contributed by atoms with Gasteiger partial charge >= 0.3 is 5.97 Å². The van der Waals surface area contributed by atoms with Crippen LogP contribution in [0.1, 0.15) is 0 Å². The van der Waals surface area contributed by atoms with Crippen molar-refractivity contribution in [3.8, 4) is 0 Å². The monoisotopic (exact) mass is 267 g/mol. The molecular formula is C8H17N3O5S. The standard InChI is InChI=1S/C8H17N3O5S/c1-16-8(13)7(6-12)10-17(14,15)11-4-2-9-3-5-11/h7,9-10,12H,2-6H2,1H3. The average molecular weight is 267 g/mol. The SMILES string of the molecule is COC(=O)C(CO)NS(=O)(=O)N1CCNCC1. The predicted octanol–water partition coefficient (Wildman–Crippen LogP) is -2.74. The Morgan fingerprint density at radius 2 is 2.12 bits per heavy atom. The van der Waals surface area contributed by atoms with Gasteiger partial charge < -0.3 is 15.2 Å². The Morgan fingerprint density at radius 3 is 2.59 bits per heavy atom. The van der Waals surface area contributed by atoms with Crippen LogP contribution in [0.3, 0.4) is 0 Å². The molecule has 0 saturated carbocycles. The average Bonchev–Trinajstić information content (AvgIpc) is 2.36. The lowest BCUT2D eigenvalue weighted by molar-refractivity contribution is -0.143. The number of esters is 1. The Labute approximate surface area is 100 Å². The summed E-state index contributed by atoms with van der Waals surface area (Å²) in [5.41, 5.74) is 0. The highest BCUT2D eigenvalue weighted by atomic mass is 32.2. The predicted molar refractivity (Wildman–Crippen MR) is 59.4 cm³/mol. The maximum absolute atomic E-state index is 11.8. The molecule has 1 rings (SSSR count). The molecule has 1 heterocycles. The first-order valence-electron chi connectivity index (χ1n) is 5.18. The summed E-state index contributed by atoms with van der Waals surface area (Å²) in [5, 5.41) is 11.9. The van der Waals surface area contributed by atoms with E-state index < -0.39 is 28.8 Å². The van der Waals surface area contributed by atoms with Crippen LogP contribution >= 0.6 is 0 Å². The highest BCUT2D eigenvalue weighted by Crippen LogP contribution is 2.02. The molecule has 0 aliphatic carbocycles. The molecule has 0 spiro atoms. The number of rotatable bonds is 5. The van der Waals surface area contributed by atoms with E-state index >= 15 is 0 Å². The highest BCUT2D eigenvalue weighted by molar-refractivity contribution is 7.87. The first kappa shape index (κ1) is 14.3. The molecule has 0 aromatic carbocycles. The summed E-state index contributed by atoms with van der Waals surface area (Å²) in [6.45, 7) is 1.13. The Bertz CT molecular complexity index is 352. The summed E-state index contributed by atoms with van der Waals surface area (Å²) in [5.74, 6) is -0.814. The van der Waals surface area contributed by atoms with Gasteiger partial charge in [0.25, 0.3) is 10.2 Å². The maximum atomic E-state index is 11.8. The molecule has 1 aliphatic rings. The van der Waals surface area contributed by atoms with Gasteiger partial charge in [0.2, 0.25) is 0 Å². The van der Waals surface area contributed by atoms with E-state index in [4.69, 9.17) is 5.11 Å². The molecule has 1 fully saturated rings. The zero-order valence-electron chi connectivity index (χ0n) is 9.55. The van der Waals surface area contributed by atoms with Crippen molar-refractivity contribution in [3.63, 3.8) is 0 Å². The van der Waals surface area contributed by atoms with Crippen molar-refractivity contribution in [1.82, 2.24) is 14.3 Å². The summed E-state index contributed by atoms with van der Waals surface area (Å²) >= 11 is 0. The van der Waals surface area contributed by atoms with Gasteiger partial charge in [-0.2, -0.15) is 17.4 Å². The second-order valence-electron chi connectivity index (χ2n) is 3.53. The number of carbonyl (C=O) groups excluding carboxylic acids is 1. The summed E-state index contributed by atoms with van der Waals surface area (Å²) in [7, 11) is -2.64. The molecule has 17 heavy (non-hydrogen) atoms. The Morgan fingerprint density at radius 1 is 1.53 bits per heavy atom. The van der Waals surface area contributed by atoms with E-state index in [0.29, 0.717) is 26.2 Å². The molecule has 8 nitrogen and oxygen atoms in total. The molecular weight excluding hydrogens is 250 g/mol. The number of hydrogen-bond acceptors (Lipinski definition) is 6. The Kier molecular flexibility index (Phi) is 5.28. The van der Waals surface area contributed by atoms with Gasteiger partial charge in [-0.15, -0.1) is 0 Å². The molecule has 1 unspecified atom stereocenters. The lowest BCUT2D eigenvalue weighted by Gasteiger charge is -2.27. The summed E-state index contributed by atoms with van der Waals surface area (Å²) in [6, 6.07) is -1.26. The number of nitrogens with one attached hydrogen (secondary N) is 2. The second kappa shape index (κ2) is 6.26. The van der Waals surface area contributed by atoms with Crippen LogP contribution in [0, 0.1) is 0 Å². The quantitative estimate of drug-likeness (QED) is 0.466. The first-order chi connectivity index (χ1) is 8.01. The lowest BCUT2D eigenvalue weighted by atomic mass is 10.3. The molecule has 100 valence electrons. The van der Waals surface area contributed by atoms with Gasteiger partial charge in [0.1, 0.15) is 6.04 Å². The van der Waals surface area contributed by atoms with Crippen molar-refractivity contribution in [2.24, 2.45) is 0 Å². The maximum Gasteiger partial charge on any atom is 0.326 e. The number of methoxy groups -OCH3 is 1. The molecule has 3 N–H and O–H groups in total. The van der Waals surface area contributed by atoms with E-state index in [1.807, 2.05) is 0 Å². The zero-order valence-corrected chi connectivity index (χ0v) is 10.4. The smallest absolute Gasteiger partial charge is 0.326 e. The number of piperazine rings is 1. The summed E-state index contributed by atoms with van der Waals surface area (Å²) in [4.78, 5) is 11.2. The molecule has 0 amide bonds. The van der Waals surface area contributed by atoms with Gasteiger partial charge in [0.15, 0.2) is 0 Å². The number of aliphatic hydroxyl groups is 1. The Hall–Kier alpha value is -0.740. The number of ether oxygens (including phenoxy) is 1. The van der Waals surface area contributed by atoms with Gasteiger partial charge in [0.05, 0.1) is 13.7 Å². The molecule has 1 atom stereocenters. The molecule has 0 bridgehead atoms. The van der Waals surface area contributed by atoms with Crippen molar-refractivity contribution in [1.29, 1.82) is 0 Å². The fourth-order valence-electron chi connectivity index (χ4n) is 1.44. The fraction of sp³-hybridized carbons (Fsp3) is 0.875. The van der Waals surface area contributed by atoms with Crippen molar-refractivity contribution in [2.75, 3.05) is 39.9 Å². The molecule has 0 aromatic heterocycles. The molecule has 9 heteroatoms. The largest absolute Gasteiger partial charge is 0.468 e. The number of carbonyl (C=O) groups is 1. The normalized spacial score (nSPS) is 19.9. The van der Waals surface area contributed by atoms with E-state index in [1.54, 1.807) is 0 Å². The van der Waals surface area contributed by atoms with E-state index in [2.05, 4.69) is 14.8 Å².